The van der Waals surface area contributed by atoms with Gasteiger partial charge < -0.3 is 5.32 Å². The van der Waals surface area contributed by atoms with Gasteiger partial charge in [0.05, 0.1) is 5.69 Å². The van der Waals surface area contributed by atoms with Gasteiger partial charge in [0, 0.05) is 18.8 Å². The number of aromatic nitrogens is 1. The third kappa shape index (κ3) is 3.65. The molecule has 0 aromatic carbocycles. The van der Waals surface area contributed by atoms with Crippen LogP contribution in [0.2, 0.25) is 0 Å². The van der Waals surface area contributed by atoms with Crippen molar-refractivity contribution in [1.82, 2.24) is 15.0 Å². The molecule has 0 radical (unpaired) electrons. The minimum atomic E-state index is -3.35. The lowest BCUT2D eigenvalue weighted by molar-refractivity contribution is 0.549. The Balaban J connectivity index is 0.00000162. The molecule has 1 aromatic rings. The van der Waals surface area contributed by atoms with E-state index in [0.717, 1.165) is 13.0 Å². The maximum Gasteiger partial charge on any atom is 0.220 e. The van der Waals surface area contributed by atoms with Gasteiger partial charge in [0.25, 0.3) is 0 Å². The van der Waals surface area contributed by atoms with E-state index in [1.165, 1.54) is 0 Å². The third-order valence-corrected chi connectivity index (χ3v) is 4.80. The lowest BCUT2D eigenvalue weighted by Crippen LogP contribution is -2.38. The molecule has 7 heteroatoms. The van der Waals surface area contributed by atoms with Crippen LogP contribution >= 0.6 is 12.4 Å². The molecule has 2 N–H and O–H groups in total. The summed E-state index contributed by atoms with van der Waals surface area (Å²) in [4.78, 5) is 4.08. The molecule has 0 aliphatic carbocycles. The van der Waals surface area contributed by atoms with Gasteiger partial charge in [-0.2, -0.15) is 0 Å². The second-order valence-electron chi connectivity index (χ2n) is 4.25. The van der Waals surface area contributed by atoms with Crippen molar-refractivity contribution in [3.8, 4) is 0 Å². The SMILES string of the molecule is CC(c1ccccn1)S(=O)(=O)N[C@@H]1CCNC1.Cl. The molecule has 1 aliphatic rings. The van der Waals surface area contributed by atoms with Crippen molar-refractivity contribution in [3.05, 3.63) is 30.1 Å². The van der Waals surface area contributed by atoms with Gasteiger partial charge in [-0.1, -0.05) is 6.07 Å². The van der Waals surface area contributed by atoms with Crippen molar-refractivity contribution in [2.75, 3.05) is 13.1 Å². The first-order valence-corrected chi connectivity index (χ1v) is 7.27. The number of pyridine rings is 1. The summed E-state index contributed by atoms with van der Waals surface area (Å²) in [6.45, 7) is 3.23. The molecule has 1 saturated heterocycles. The second-order valence-corrected chi connectivity index (χ2v) is 6.28. The molecule has 0 amide bonds. The number of hydrogen-bond donors (Lipinski definition) is 2. The molecule has 2 rings (SSSR count). The van der Waals surface area contributed by atoms with Gasteiger partial charge in [-0.25, -0.2) is 13.1 Å². The predicted molar refractivity (Wildman–Crippen MR) is 73.2 cm³/mol. The van der Waals surface area contributed by atoms with E-state index in [-0.39, 0.29) is 18.4 Å². The minimum Gasteiger partial charge on any atom is -0.315 e. The van der Waals surface area contributed by atoms with Crippen molar-refractivity contribution < 1.29 is 8.42 Å². The molecule has 1 unspecified atom stereocenters. The maximum absolute atomic E-state index is 12.1. The largest absolute Gasteiger partial charge is 0.315 e. The Hall–Kier alpha value is -0.690. The minimum absolute atomic E-state index is 0. The van der Waals surface area contributed by atoms with Crippen molar-refractivity contribution in [2.45, 2.75) is 24.6 Å². The summed E-state index contributed by atoms with van der Waals surface area (Å²) >= 11 is 0. The monoisotopic (exact) mass is 291 g/mol. The summed E-state index contributed by atoms with van der Waals surface area (Å²) in [5, 5.41) is 2.51. The maximum atomic E-state index is 12.1. The van der Waals surface area contributed by atoms with E-state index in [9.17, 15) is 8.42 Å². The van der Waals surface area contributed by atoms with Gasteiger partial charge in [0.2, 0.25) is 10.0 Å². The van der Waals surface area contributed by atoms with Crippen molar-refractivity contribution in [2.24, 2.45) is 0 Å². The summed E-state index contributed by atoms with van der Waals surface area (Å²) in [7, 11) is -3.35. The van der Waals surface area contributed by atoms with Crippen molar-refractivity contribution in [3.63, 3.8) is 0 Å². The molecule has 0 saturated carbocycles. The predicted octanol–water partition coefficient (Wildman–Crippen LogP) is 0.846. The van der Waals surface area contributed by atoms with E-state index in [1.54, 1.807) is 31.3 Å². The van der Waals surface area contributed by atoms with Crippen molar-refractivity contribution >= 4 is 22.4 Å². The van der Waals surface area contributed by atoms with E-state index < -0.39 is 15.3 Å². The summed E-state index contributed by atoms with van der Waals surface area (Å²) in [6.07, 6.45) is 2.45. The standard InChI is InChI=1S/C11H17N3O2S.ClH/c1-9(11-4-2-3-6-13-11)17(15,16)14-10-5-7-12-8-10;/h2-4,6,9-10,12,14H,5,7-8H2,1H3;1H/t9?,10-;/m1./s1. The van der Waals surface area contributed by atoms with E-state index in [0.29, 0.717) is 12.2 Å². The van der Waals surface area contributed by atoms with Gasteiger partial charge >= 0.3 is 0 Å². The average molecular weight is 292 g/mol. The molecule has 5 nitrogen and oxygen atoms in total. The van der Waals surface area contributed by atoms with Crippen LogP contribution in [0.3, 0.4) is 0 Å². The number of rotatable bonds is 4. The summed E-state index contributed by atoms with van der Waals surface area (Å²) in [5.74, 6) is 0. The van der Waals surface area contributed by atoms with Crippen LogP contribution in [0.5, 0.6) is 0 Å². The lowest BCUT2D eigenvalue weighted by atomic mass is 10.3. The smallest absolute Gasteiger partial charge is 0.220 e. The van der Waals surface area contributed by atoms with Gasteiger partial charge in [-0.3, -0.25) is 4.98 Å². The molecule has 1 fully saturated rings. The Labute approximate surface area is 114 Å². The first-order valence-electron chi connectivity index (χ1n) is 5.72. The Morgan fingerprint density at radius 1 is 1.50 bits per heavy atom. The van der Waals surface area contributed by atoms with Crippen molar-refractivity contribution in [1.29, 1.82) is 0 Å². The molecule has 102 valence electrons. The number of halogens is 1. The summed E-state index contributed by atoms with van der Waals surface area (Å²) in [6, 6.07) is 5.31. The fraction of sp³-hybridized carbons (Fsp3) is 0.545. The molecular weight excluding hydrogens is 274 g/mol. The van der Waals surface area contributed by atoms with Crippen LogP contribution in [0.1, 0.15) is 24.3 Å². The number of sulfonamides is 1. The number of hydrogen-bond acceptors (Lipinski definition) is 4. The van der Waals surface area contributed by atoms with Gasteiger partial charge in [0.1, 0.15) is 5.25 Å². The molecule has 2 heterocycles. The lowest BCUT2D eigenvalue weighted by Gasteiger charge is -2.16. The molecule has 0 bridgehead atoms. The Morgan fingerprint density at radius 3 is 2.83 bits per heavy atom. The fourth-order valence-electron chi connectivity index (χ4n) is 1.87. The average Bonchev–Trinajstić information content (AvgIpc) is 2.81. The zero-order valence-corrected chi connectivity index (χ0v) is 11.8. The van der Waals surface area contributed by atoms with Crippen LogP contribution in [0, 0.1) is 0 Å². The molecular formula is C11H18ClN3O2S. The summed E-state index contributed by atoms with van der Waals surface area (Å²) in [5.41, 5.74) is 0.575. The number of nitrogens with zero attached hydrogens (tertiary/aromatic N) is 1. The van der Waals surface area contributed by atoms with E-state index in [4.69, 9.17) is 0 Å². The highest BCUT2D eigenvalue weighted by molar-refractivity contribution is 7.89. The summed E-state index contributed by atoms with van der Waals surface area (Å²) < 4.78 is 26.9. The zero-order chi connectivity index (χ0) is 12.3. The first-order chi connectivity index (χ1) is 8.09. The number of nitrogens with one attached hydrogen (secondary N) is 2. The van der Waals surface area contributed by atoms with E-state index >= 15 is 0 Å². The van der Waals surface area contributed by atoms with Crippen LogP contribution in [0.25, 0.3) is 0 Å². The molecule has 1 aromatic heterocycles. The van der Waals surface area contributed by atoms with Crippen LogP contribution in [0.15, 0.2) is 24.4 Å². The zero-order valence-electron chi connectivity index (χ0n) is 10.2. The third-order valence-electron chi connectivity index (χ3n) is 2.96. The molecule has 2 atom stereocenters. The van der Waals surface area contributed by atoms with Gasteiger partial charge in [0.15, 0.2) is 0 Å². The van der Waals surface area contributed by atoms with Gasteiger partial charge in [-0.05, 0) is 32.0 Å². The highest BCUT2D eigenvalue weighted by Crippen LogP contribution is 2.19. The fourth-order valence-corrected chi connectivity index (χ4v) is 3.19. The van der Waals surface area contributed by atoms with E-state index in [2.05, 4.69) is 15.0 Å². The first kappa shape index (κ1) is 15.4. The van der Waals surface area contributed by atoms with E-state index in [1.807, 2.05) is 0 Å². The van der Waals surface area contributed by atoms with Crippen LogP contribution < -0.4 is 10.0 Å². The Bertz CT molecular complexity index is 460. The second kappa shape index (κ2) is 6.47. The van der Waals surface area contributed by atoms with Crippen LogP contribution in [-0.4, -0.2) is 32.5 Å². The normalized spacial score (nSPS) is 21.3. The molecule has 18 heavy (non-hydrogen) atoms. The Kier molecular flexibility index (Phi) is 5.52. The quantitative estimate of drug-likeness (QED) is 0.863. The highest BCUT2D eigenvalue weighted by atomic mass is 35.5. The van der Waals surface area contributed by atoms with Gasteiger partial charge in [-0.15, -0.1) is 12.4 Å². The molecule has 0 spiro atoms. The highest BCUT2D eigenvalue weighted by Gasteiger charge is 2.27. The van der Waals surface area contributed by atoms with Crippen LogP contribution in [-0.2, 0) is 10.0 Å². The Morgan fingerprint density at radius 2 is 2.28 bits per heavy atom. The molecule has 1 aliphatic heterocycles. The van der Waals surface area contributed by atoms with Crippen LogP contribution in [0.4, 0.5) is 0 Å². The topological polar surface area (TPSA) is 71.1 Å².